The maximum absolute atomic E-state index is 13.2. The average molecular weight is 412 g/mol. The number of aromatic nitrogens is 2. The number of nitrogens with one attached hydrogen (secondary N) is 1. The molecule has 1 N–H and O–H groups in total. The van der Waals surface area contributed by atoms with Gasteiger partial charge in [-0.3, -0.25) is 4.79 Å². The summed E-state index contributed by atoms with van der Waals surface area (Å²) in [4.78, 5) is 12.7. The van der Waals surface area contributed by atoms with Gasteiger partial charge in [0.1, 0.15) is 18.2 Å². The first-order valence-electron chi connectivity index (χ1n) is 9.91. The molecule has 0 bridgehead atoms. The second-order valence-corrected chi connectivity index (χ2v) is 7.08. The van der Waals surface area contributed by atoms with E-state index >= 15 is 0 Å². The highest BCUT2D eigenvalue weighted by atomic mass is 19.1. The van der Waals surface area contributed by atoms with Crippen molar-refractivity contribution in [3.8, 4) is 16.9 Å². The number of hydrogen-bond acceptors (Lipinski definition) is 3. The smallest absolute Gasteiger partial charge is 0.272 e. The van der Waals surface area contributed by atoms with Gasteiger partial charge in [0.2, 0.25) is 0 Å². The van der Waals surface area contributed by atoms with Gasteiger partial charge in [0, 0.05) is 11.1 Å². The van der Waals surface area contributed by atoms with Gasteiger partial charge >= 0.3 is 0 Å². The zero-order valence-electron chi connectivity index (χ0n) is 17.0. The van der Waals surface area contributed by atoms with E-state index in [4.69, 9.17) is 4.74 Å². The summed E-state index contributed by atoms with van der Waals surface area (Å²) in [6.07, 6.45) is 3.50. The van der Waals surface area contributed by atoms with E-state index in [-0.39, 0.29) is 11.4 Å². The normalized spacial score (nSPS) is 11.0. The predicted octanol–water partition coefficient (Wildman–Crippen LogP) is 5.63. The van der Waals surface area contributed by atoms with Crippen LogP contribution in [0.3, 0.4) is 0 Å². The minimum atomic E-state index is -0.308. The van der Waals surface area contributed by atoms with Gasteiger partial charge in [0.05, 0.1) is 11.3 Å². The lowest BCUT2D eigenvalue weighted by atomic mass is 9.98. The molecule has 0 radical (unpaired) electrons. The summed E-state index contributed by atoms with van der Waals surface area (Å²) in [5.74, 6) is 0.359. The van der Waals surface area contributed by atoms with Crippen molar-refractivity contribution >= 4 is 12.2 Å². The Bertz CT molecular complexity index is 1260. The Kier molecular flexibility index (Phi) is 6.03. The van der Waals surface area contributed by atoms with Crippen molar-refractivity contribution in [1.29, 1.82) is 0 Å². The van der Waals surface area contributed by atoms with E-state index in [1.54, 1.807) is 24.3 Å². The topological polar surface area (TPSA) is 55.0 Å². The minimum absolute atomic E-state index is 0.306. The highest BCUT2D eigenvalue weighted by molar-refractivity contribution is 5.84. The summed E-state index contributed by atoms with van der Waals surface area (Å²) in [5, 5.41) is 6.71. The van der Waals surface area contributed by atoms with Crippen molar-refractivity contribution in [2.75, 3.05) is 0 Å². The van der Waals surface area contributed by atoms with Crippen LogP contribution >= 0.6 is 0 Å². The van der Waals surface area contributed by atoms with Gasteiger partial charge in [-0.1, -0.05) is 66.7 Å². The molecular formula is C26H21FN2O2. The molecule has 0 atom stereocenters. The third-order valence-corrected chi connectivity index (χ3v) is 4.91. The number of nitrogens with zero attached hydrogens (tertiary/aromatic N) is 1. The number of halogens is 1. The maximum atomic E-state index is 13.2. The molecule has 0 spiro atoms. The fourth-order valence-corrected chi connectivity index (χ4v) is 3.35. The predicted molar refractivity (Wildman–Crippen MR) is 121 cm³/mol. The number of para-hydroxylation sites is 1. The number of aromatic amines is 1. The largest absolute Gasteiger partial charge is 0.488 e. The number of hydrogen-bond donors (Lipinski definition) is 1. The Morgan fingerprint density at radius 3 is 2.42 bits per heavy atom. The SMILES string of the molecule is Cc1n[nH]c(=O)c(/C=C/c2ccc(F)cc2)c1-c1ccccc1OCc1ccccc1. The molecule has 0 unspecified atom stereocenters. The van der Waals surface area contributed by atoms with E-state index in [0.717, 1.165) is 16.7 Å². The van der Waals surface area contributed by atoms with Crippen LogP contribution in [0.25, 0.3) is 23.3 Å². The molecule has 154 valence electrons. The molecule has 31 heavy (non-hydrogen) atoms. The van der Waals surface area contributed by atoms with Crippen LogP contribution in [0.5, 0.6) is 5.75 Å². The summed E-state index contributed by atoms with van der Waals surface area (Å²) in [5.41, 5.74) is 4.15. The van der Waals surface area contributed by atoms with Crippen LogP contribution < -0.4 is 10.3 Å². The Hall–Kier alpha value is -3.99. The van der Waals surface area contributed by atoms with Crippen molar-refractivity contribution < 1.29 is 9.13 Å². The van der Waals surface area contributed by atoms with E-state index in [0.29, 0.717) is 29.2 Å². The molecular weight excluding hydrogens is 391 g/mol. The lowest BCUT2D eigenvalue weighted by molar-refractivity contribution is 0.307. The van der Waals surface area contributed by atoms with Crippen LogP contribution in [0, 0.1) is 12.7 Å². The number of H-pyrrole nitrogens is 1. The van der Waals surface area contributed by atoms with E-state index in [1.165, 1.54) is 12.1 Å². The van der Waals surface area contributed by atoms with Gasteiger partial charge in [-0.05, 0) is 42.3 Å². The van der Waals surface area contributed by atoms with Crippen molar-refractivity contribution in [2.45, 2.75) is 13.5 Å². The first-order chi connectivity index (χ1) is 15.1. The van der Waals surface area contributed by atoms with Gasteiger partial charge < -0.3 is 4.74 Å². The molecule has 4 aromatic rings. The maximum Gasteiger partial charge on any atom is 0.272 e. The van der Waals surface area contributed by atoms with Crippen LogP contribution in [-0.4, -0.2) is 10.2 Å². The summed E-state index contributed by atoms with van der Waals surface area (Å²) in [6.45, 7) is 2.25. The molecule has 0 amide bonds. The standard InChI is InChI=1S/C26H21FN2O2/c1-18-25(22-9-5-6-10-24(22)31-17-20-7-3-2-4-8-20)23(26(30)29-28-18)16-13-19-11-14-21(27)15-12-19/h2-16H,17H2,1H3,(H,29,30)/b16-13+. The first kappa shape index (κ1) is 20.3. The number of rotatable bonds is 6. The minimum Gasteiger partial charge on any atom is -0.488 e. The third kappa shape index (κ3) is 4.78. The monoisotopic (exact) mass is 412 g/mol. The van der Waals surface area contributed by atoms with Crippen LogP contribution in [0.2, 0.25) is 0 Å². The summed E-state index contributed by atoms with van der Waals surface area (Å²) >= 11 is 0. The van der Waals surface area contributed by atoms with Gasteiger partial charge in [-0.15, -0.1) is 0 Å². The molecule has 3 aromatic carbocycles. The summed E-state index contributed by atoms with van der Waals surface area (Å²) < 4.78 is 19.3. The van der Waals surface area contributed by atoms with Gasteiger partial charge in [0.15, 0.2) is 0 Å². The summed E-state index contributed by atoms with van der Waals surface area (Å²) in [7, 11) is 0. The second kappa shape index (κ2) is 9.22. The molecule has 4 rings (SSSR count). The Balaban J connectivity index is 1.74. The Morgan fingerprint density at radius 2 is 1.65 bits per heavy atom. The lowest BCUT2D eigenvalue weighted by Gasteiger charge is -2.14. The van der Waals surface area contributed by atoms with E-state index < -0.39 is 0 Å². The van der Waals surface area contributed by atoms with Gasteiger partial charge in [-0.25, -0.2) is 9.49 Å². The first-order valence-corrected chi connectivity index (χ1v) is 9.91. The van der Waals surface area contributed by atoms with E-state index in [9.17, 15) is 9.18 Å². The van der Waals surface area contributed by atoms with Crippen LogP contribution in [0.1, 0.15) is 22.4 Å². The van der Waals surface area contributed by atoms with Crippen molar-refractivity contribution in [3.05, 3.63) is 117 Å². The number of benzene rings is 3. The van der Waals surface area contributed by atoms with Gasteiger partial charge in [0.25, 0.3) is 5.56 Å². The van der Waals surface area contributed by atoms with Crippen molar-refractivity contribution in [2.24, 2.45) is 0 Å². The van der Waals surface area contributed by atoms with Crippen molar-refractivity contribution in [3.63, 3.8) is 0 Å². The molecule has 0 saturated heterocycles. The zero-order valence-corrected chi connectivity index (χ0v) is 17.0. The van der Waals surface area contributed by atoms with E-state index in [1.807, 2.05) is 61.5 Å². The van der Waals surface area contributed by atoms with Crippen LogP contribution in [0.4, 0.5) is 4.39 Å². The number of aryl methyl sites for hydroxylation is 1. The van der Waals surface area contributed by atoms with E-state index in [2.05, 4.69) is 10.2 Å². The molecule has 5 heteroatoms. The molecule has 0 aliphatic rings. The molecule has 0 saturated carbocycles. The molecule has 0 fully saturated rings. The molecule has 0 aliphatic carbocycles. The highest BCUT2D eigenvalue weighted by Crippen LogP contribution is 2.34. The molecule has 4 nitrogen and oxygen atoms in total. The van der Waals surface area contributed by atoms with Gasteiger partial charge in [-0.2, -0.15) is 5.10 Å². The molecule has 1 heterocycles. The lowest BCUT2D eigenvalue weighted by Crippen LogP contribution is -2.15. The third-order valence-electron chi connectivity index (χ3n) is 4.91. The van der Waals surface area contributed by atoms with Crippen molar-refractivity contribution in [1.82, 2.24) is 10.2 Å². The quantitative estimate of drug-likeness (QED) is 0.446. The Morgan fingerprint density at radius 1 is 0.935 bits per heavy atom. The Labute approximate surface area is 179 Å². The molecule has 0 aliphatic heterocycles. The second-order valence-electron chi connectivity index (χ2n) is 7.08. The fraction of sp³-hybridized carbons (Fsp3) is 0.0769. The fourth-order valence-electron chi connectivity index (χ4n) is 3.35. The zero-order chi connectivity index (χ0) is 21.6. The average Bonchev–Trinajstić information content (AvgIpc) is 2.80. The number of ether oxygens (including phenoxy) is 1. The molecule has 1 aromatic heterocycles. The summed E-state index contributed by atoms with van der Waals surface area (Å²) in [6, 6.07) is 23.6. The van der Waals surface area contributed by atoms with Crippen LogP contribution in [-0.2, 0) is 6.61 Å². The van der Waals surface area contributed by atoms with Crippen LogP contribution in [0.15, 0.2) is 83.7 Å². The highest BCUT2D eigenvalue weighted by Gasteiger charge is 2.16.